The lowest BCUT2D eigenvalue weighted by Gasteiger charge is -2.28. The van der Waals surface area contributed by atoms with Crippen molar-refractivity contribution >= 4 is 29.3 Å². The Labute approximate surface area is 162 Å². The third-order valence-electron chi connectivity index (χ3n) is 4.37. The normalized spacial score (nSPS) is 14.5. The fraction of sp³-hybridized carbons (Fsp3) is 0.444. The van der Waals surface area contributed by atoms with Crippen molar-refractivity contribution in [2.24, 2.45) is 13.0 Å². The van der Waals surface area contributed by atoms with E-state index >= 15 is 0 Å². The monoisotopic (exact) mass is 391 g/mol. The van der Waals surface area contributed by atoms with Crippen molar-refractivity contribution in [2.75, 3.05) is 0 Å². The maximum absolute atomic E-state index is 12.5. The molecule has 0 bridgehead atoms. The molecule has 0 saturated heterocycles. The largest absolute Gasteiger partial charge is 0.337 e. The molecule has 1 aromatic heterocycles. The topological polar surface area (TPSA) is 83.6 Å². The van der Waals surface area contributed by atoms with E-state index in [1.54, 1.807) is 19.9 Å². The molecule has 1 N–H and O–H groups in total. The summed E-state index contributed by atoms with van der Waals surface area (Å²) in [5, 5.41) is 21.3. The number of halogens is 1. The third kappa shape index (κ3) is 4.19. The van der Waals surface area contributed by atoms with Crippen LogP contribution in [-0.4, -0.2) is 31.5 Å². The standard InChI is InChI=1S/C18H22ClN5OS/c1-11(2)18(4,10-20)21-16(25)12(3)26-17-23-22-15(24(17)5)13-8-6-7-9-14(13)19/h6-9,11-12H,1-5H3,(H,21,25)/t12-,18-/m1/s1. The maximum atomic E-state index is 12.5. The van der Waals surface area contributed by atoms with E-state index in [1.165, 1.54) is 11.8 Å². The third-order valence-corrected chi connectivity index (χ3v) is 5.83. The predicted molar refractivity (Wildman–Crippen MR) is 104 cm³/mol. The van der Waals surface area contributed by atoms with Crippen LogP contribution in [0.4, 0.5) is 0 Å². The maximum Gasteiger partial charge on any atom is 0.234 e. The molecule has 0 saturated carbocycles. The zero-order valence-electron chi connectivity index (χ0n) is 15.4. The number of rotatable bonds is 6. The molecule has 0 unspecified atom stereocenters. The van der Waals surface area contributed by atoms with Gasteiger partial charge in [-0.3, -0.25) is 4.79 Å². The van der Waals surface area contributed by atoms with E-state index < -0.39 is 10.8 Å². The summed E-state index contributed by atoms with van der Waals surface area (Å²) in [6, 6.07) is 9.58. The zero-order chi connectivity index (χ0) is 19.5. The molecule has 0 fully saturated rings. The van der Waals surface area contributed by atoms with Crippen LogP contribution >= 0.6 is 23.4 Å². The quantitative estimate of drug-likeness (QED) is 0.759. The van der Waals surface area contributed by atoms with Crippen LogP contribution in [0.15, 0.2) is 29.4 Å². The molecule has 1 heterocycles. The van der Waals surface area contributed by atoms with Crippen molar-refractivity contribution in [3.8, 4) is 17.5 Å². The highest BCUT2D eigenvalue weighted by Crippen LogP contribution is 2.30. The molecule has 1 amide bonds. The van der Waals surface area contributed by atoms with Crippen molar-refractivity contribution < 1.29 is 4.79 Å². The van der Waals surface area contributed by atoms with Gasteiger partial charge in [0, 0.05) is 12.6 Å². The van der Waals surface area contributed by atoms with Gasteiger partial charge in [-0.2, -0.15) is 5.26 Å². The molecular formula is C18H22ClN5OS. The second-order valence-electron chi connectivity index (χ2n) is 6.56. The summed E-state index contributed by atoms with van der Waals surface area (Å²) in [4.78, 5) is 12.5. The molecule has 1 aromatic carbocycles. The van der Waals surface area contributed by atoms with Crippen LogP contribution in [0, 0.1) is 17.2 Å². The number of hydrogen-bond acceptors (Lipinski definition) is 5. The second kappa shape index (κ2) is 8.11. The number of hydrogen-bond donors (Lipinski definition) is 1. The molecule has 2 atom stereocenters. The van der Waals surface area contributed by atoms with Crippen molar-refractivity contribution in [1.82, 2.24) is 20.1 Å². The second-order valence-corrected chi connectivity index (χ2v) is 8.28. The summed E-state index contributed by atoms with van der Waals surface area (Å²) in [6.45, 7) is 7.31. The van der Waals surface area contributed by atoms with Crippen LogP contribution < -0.4 is 5.32 Å². The Balaban J connectivity index is 2.16. The minimum atomic E-state index is -0.908. The number of aromatic nitrogens is 3. The first-order chi connectivity index (χ1) is 12.2. The van der Waals surface area contributed by atoms with Gasteiger partial charge in [0.1, 0.15) is 5.54 Å². The Kier molecular flexibility index (Phi) is 6.32. The molecular weight excluding hydrogens is 370 g/mol. The SMILES string of the molecule is CC(C)[C@@](C)(C#N)NC(=O)[C@@H](C)Sc1nnc(-c2ccccc2Cl)n1C. The fourth-order valence-electron chi connectivity index (χ4n) is 2.17. The van der Waals surface area contributed by atoms with Gasteiger partial charge < -0.3 is 9.88 Å². The van der Waals surface area contributed by atoms with Gasteiger partial charge in [0.2, 0.25) is 5.91 Å². The van der Waals surface area contributed by atoms with Crippen LogP contribution in [-0.2, 0) is 11.8 Å². The first-order valence-electron chi connectivity index (χ1n) is 8.23. The van der Waals surface area contributed by atoms with Crippen molar-refractivity contribution in [2.45, 2.75) is 43.6 Å². The van der Waals surface area contributed by atoms with E-state index in [0.29, 0.717) is 16.0 Å². The number of nitrogens with one attached hydrogen (secondary N) is 1. The number of carbonyl (C=O) groups excluding carboxylic acids is 1. The number of nitriles is 1. The van der Waals surface area contributed by atoms with Crippen LogP contribution in [0.1, 0.15) is 27.7 Å². The van der Waals surface area contributed by atoms with E-state index in [0.717, 1.165) is 5.56 Å². The van der Waals surface area contributed by atoms with Gasteiger partial charge in [-0.1, -0.05) is 49.3 Å². The molecule has 0 aliphatic heterocycles. The van der Waals surface area contributed by atoms with Crippen LogP contribution in [0.2, 0.25) is 5.02 Å². The average molecular weight is 392 g/mol. The Bertz CT molecular complexity index is 844. The number of thioether (sulfide) groups is 1. The van der Waals surface area contributed by atoms with Gasteiger partial charge >= 0.3 is 0 Å². The van der Waals surface area contributed by atoms with Gasteiger partial charge in [-0.05, 0) is 31.9 Å². The Hall–Kier alpha value is -2.04. The van der Waals surface area contributed by atoms with Gasteiger partial charge in [-0.15, -0.1) is 10.2 Å². The van der Waals surface area contributed by atoms with E-state index in [-0.39, 0.29) is 11.8 Å². The molecule has 2 rings (SSSR count). The lowest BCUT2D eigenvalue weighted by molar-refractivity contribution is -0.121. The summed E-state index contributed by atoms with van der Waals surface area (Å²) in [7, 11) is 1.83. The summed E-state index contributed by atoms with van der Waals surface area (Å²) in [6.07, 6.45) is 0. The highest BCUT2D eigenvalue weighted by atomic mass is 35.5. The molecule has 138 valence electrons. The van der Waals surface area contributed by atoms with E-state index in [2.05, 4.69) is 21.6 Å². The molecule has 8 heteroatoms. The Morgan fingerprint density at radius 1 is 1.35 bits per heavy atom. The average Bonchev–Trinajstić information content (AvgIpc) is 2.95. The highest BCUT2D eigenvalue weighted by Gasteiger charge is 2.32. The molecule has 0 spiro atoms. The van der Waals surface area contributed by atoms with Gasteiger partial charge in [0.25, 0.3) is 0 Å². The summed E-state index contributed by atoms with van der Waals surface area (Å²) in [5.41, 5.74) is -0.126. The lowest BCUT2D eigenvalue weighted by atomic mass is 9.90. The number of benzene rings is 1. The van der Waals surface area contributed by atoms with Crippen LogP contribution in [0.3, 0.4) is 0 Å². The van der Waals surface area contributed by atoms with Crippen LogP contribution in [0.25, 0.3) is 11.4 Å². The fourth-order valence-corrected chi connectivity index (χ4v) is 3.20. The van der Waals surface area contributed by atoms with E-state index in [1.807, 2.05) is 43.7 Å². The predicted octanol–water partition coefficient (Wildman–Crippen LogP) is 3.67. The molecule has 26 heavy (non-hydrogen) atoms. The van der Waals surface area contributed by atoms with Crippen molar-refractivity contribution in [3.63, 3.8) is 0 Å². The Morgan fingerprint density at radius 3 is 2.58 bits per heavy atom. The van der Waals surface area contributed by atoms with E-state index in [9.17, 15) is 10.1 Å². The zero-order valence-corrected chi connectivity index (χ0v) is 17.0. The lowest BCUT2D eigenvalue weighted by Crippen LogP contribution is -2.51. The molecule has 0 aliphatic rings. The first kappa shape index (κ1) is 20.3. The van der Waals surface area contributed by atoms with Crippen molar-refractivity contribution in [3.05, 3.63) is 29.3 Å². The van der Waals surface area contributed by atoms with Gasteiger partial charge in [-0.25, -0.2) is 0 Å². The van der Waals surface area contributed by atoms with Gasteiger partial charge in [0.05, 0.1) is 16.3 Å². The number of amides is 1. The number of nitrogens with zero attached hydrogens (tertiary/aromatic N) is 4. The smallest absolute Gasteiger partial charge is 0.234 e. The minimum absolute atomic E-state index is 0.00435. The summed E-state index contributed by atoms with van der Waals surface area (Å²) < 4.78 is 1.81. The summed E-state index contributed by atoms with van der Waals surface area (Å²) >= 11 is 7.52. The molecule has 0 aliphatic carbocycles. The number of carbonyl (C=O) groups is 1. The van der Waals surface area contributed by atoms with Crippen LogP contribution in [0.5, 0.6) is 0 Å². The highest BCUT2D eigenvalue weighted by molar-refractivity contribution is 8.00. The molecule has 2 aromatic rings. The molecule has 0 radical (unpaired) electrons. The minimum Gasteiger partial charge on any atom is -0.337 e. The Morgan fingerprint density at radius 2 is 2.00 bits per heavy atom. The van der Waals surface area contributed by atoms with Crippen molar-refractivity contribution in [1.29, 1.82) is 5.26 Å². The van der Waals surface area contributed by atoms with Gasteiger partial charge in [0.15, 0.2) is 11.0 Å². The summed E-state index contributed by atoms with van der Waals surface area (Å²) in [5.74, 6) is 0.417. The first-order valence-corrected chi connectivity index (χ1v) is 9.49. The molecule has 6 nitrogen and oxygen atoms in total. The van der Waals surface area contributed by atoms with E-state index in [4.69, 9.17) is 11.6 Å².